The fourth-order valence-corrected chi connectivity index (χ4v) is 6.55. The molecule has 0 amide bonds. The summed E-state index contributed by atoms with van der Waals surface area (Å²) in [5.74, 6) is 4.04. The van der Waals surface area contributed by atoms with E-state index in [-0.39, 0.29) is 0 Å². The van der Waals surface area contributed by atoms with Crippen molar-refractivity contribution < 1.29 is 5.21 Å². The summed E-state index contributed by atoms with van der Waals surface area (Å²) in [6, 6.07) is 0. The Bertz CT molecular complexity index is 579. The molecule has 0 aromatic heterocycles. The van der Waals surface area contributed by atoms with Gasteiger partial charge in [0.2, 0.25) is 0 Å². The second-order valence-electron chi connectivity index (χ2n) is 9.78. The molecule has 2 heteroatoms. The highest BCUT2D eigenvalue weighted by molar-refractivity contribution is 6.06. The Morgan fingerprint density at radius 1 is 0.955 bits per heavy atom. The van der Waals surface area contributed by atoms with Gasteiger partial charge in [0.25, 0.3) is 0 Å². The molecule has 4 aliphatic rings. The van der Waals surface area contributed by atoms with E-state index in [0.717, 1.165) is 23.5 Å². The topological polar surface area (TPSA) is 32.6 Å². The molecule has 22 heavy (non-hydrogen) atoms. The van der Waals surface area contributed by atoms with Gasteiger partial charge >= 0.3 is 0 Å². The Labute approximate surface area is 135 Å². The van der Waals surface area contributed by atoms with E-state index in [1.807, 2.05) is 0 Å². The highest BCUT2D eigenvalue weighted by Gasteiger charge is 2.60. The summed E-state index contributed by atoms with van der Waals surface area (Å²) in [5, 5.41) is 13.5. The third-order valence-electron chi connectivity index (χ3n) is 8.88. The zero-order chi connectivity index (χ0) is 16.0. The quantitative estimate of drug-likeness (QED) is 0.488. The molecule has 6 atom stereocenters. The number of hydrogen-bond acceptors (Lipinski definition) is 2. The second kappa shape index (κ2) is 4.19. The Hall–Kier alpha value is -0.790. The molecule has 4 bridgehead atoms. The Morgan fingerprint density at radius 2 is 1.59 bits per heavy atom. The van der Waals surface area contributed by atoms with Crippen LogP contribution < -0.4 is 0 Å². The summed E-state index contributed by atoms with van der Waals surface area (Å²) in [7, 11) is 0. The lowest BCUT2D eigenvalue weighted by atomic mass is 9.62. The highest BCUT2D eigenvalue weighted by Crippen LogP contribution is 2.66. The average molecular weight is 301 g/mol. The second-order valence-corrected chi connectivity index (χ2v) is 9.78. The van der Waals surface area contributed by atoms with Crippen LogP contribution in [0.2, 0.25) is 0 Å². The van der Waals surface area contributed by atoms with Crippen molar-refractivity contribution in [2.45, 2.75) is 60.8 Å². The maximum atomic E-state index is 9.70. The monoisotopic (exact) mass is 301 g/mol. The normalized spacial score (nSPS) is 52.9. The van der Waals surface area contributed by atoms with Crippen molar-refractivity contribution in [3.8, 4) is 0 Å². The standard InChI is InChI=1S/C20H31NO/c1-10-13-7-12(19(10,3)4)8-15(13)17-16-9-14(18(17)21-22)11(2)20(16,5)6/h10-14,16,22H,7-9H2,1-6H3/b17-15?,21-18-/t10-,11-,12-,13+,14-,16+/m0/s1. The minimum Gasteiger partial charge on any atom is -0.411 e. The van der Waals surface area contributed by atoms with Crippen LogP contribution in [0.5, 0.6) is 0 Å². The van der Waals surface area contributed by atoms with Gasteiger partial charge in [-0.15, -0.1) is 0 Å². The summed E-state index contributed by atoms with van der Waals surface area (Å²) in [6.07, 6.45) is 3.82. The first-order valence-electron chi connectivity index (χ1n) is 9.16. The molecule has 4 fully saturated rings. The highest BCUT2D eigenvalue weighted by atomic mass is 16.4. The van der Waals surface area contributed by atoms with Crippen LogP contribution in [0.15, 0.2) is 16.3 Å². The Kier molecular flexibility index (Phi) is 2.81. The number of nitrogens with zero attached hydrogens (tertiary/aromatic N) is 1. The van der Waals surface area contributed by atoms with Crippen LogP contribution in [0.3, 0.4) is 0 Å². The van der Waals surface area contributed by atoms with Crippen LogP contribution in [-0.4, -0.2) is 10.9 Å². The van der Waals surface area contributed by atoms with Crippen LogP contribution in [0, 0.1) is 46.3 Å². The predicted octanol–water partition coefficient (Wildman–Crippen LogP) is 5.13. The van der Waals surface area contributed by atoms with E-state index in [1.165, 1.54) is 24.8 Å². The predicted molar refractivity (Wildman–Crippen MR) is 89.9 cm³/mol. The van der Waals surface area contributed by atoms with Gasteiger partial charge in [0.05, 0.1) is 5.71 Å². The van der Waals surface area contributed by atoms with Crippen molar-refractivity contribution in [2.24, 2.45) is 51.5 Å². The smallest absolute Gasteiger partial charge is 0.0864 e. The molecule has 0 spiro atoms. The van der Waals surface area contributed by atoms with Crippen molar-refractivity contribution in [1.29, 1.82) is 0 Å². The third kappa shape index (κ3) is 1.50. The molecular formula is C20H31NO. The van der Waals surface area contributed by atoms with Gasteiger partial charge < -0.3 is 5.21 Å². The van der Waals surface area contributed by atoms with Gasteiger partial charge in [-0.3, -0.25) is 0 Å². The minimum atomic E-state index is 0.349. The first-order chi connectivity index (χ1) is 10.2. The van der Waals surface area contributed by atoms with E-state index in [9.17, 15) is 5.21 Å². The Balaban J connectivity index is 1.81. The third-order valence-corrected chi connectivity index (χ3v) is 8.88. The van der Waals surface area contributed by atoms with Crippen LogP contribution in [0.25, 0.3) is 0 Å². The number of fused-ring (bicyclic) bond motifs is 4. The molecule has 0 heterocycles. The van der Waals surface area contributed by atoms with Gasteiger partial charge in [0.15, 0.2) is 0 Å². The minimum absolute atomic E-state index is 0.349. The number of rotatable bonds is 0. The maximum Gasteiger partial charge on any atom is 0.0864 e. The molecule has 0 aromatic rings. The zero-order valence-corrected chi connectivity index (χ0v) is 15.0. The van der Waals surface area contributed by atoms with Crippen molar-refractivity contribution >= 4 is 5.71 Å². The van der Waals surface area contributed by atoms with Gasteiger partial charge in [-0.05, 0) is 65.3 Å². The lowest BCUT2D eigenvalue weighted by Gasteiger charge is -2.42. The molecule has 0 aliphatic heterocycles. The molecule has 0 radical (unpaired) electrons. The van der Waals surface area contributed by atoms with Gasteiger partial charge in [0.1, 0.15) is 0 Å². The lowest BCUT2D eigenvalue weighted by Crippen LogP contribution is -2.37. The lowest BCUT2D eigenvalue weighted by molar-refractivity contribution is 0.160. The van der Waals surface area contributed by atoms with E-state index in [4.69, 9.17) is 0 Å². The maximum absolute atomic E-state index is 9.70. The summed E-state index contributed by atoms with van der Waals surface area (Å²) in [6.45, 7) is 14.6. The SMILES string of the molecule is C[C@H]1[C@H]2C[C@@H](CC2=C2/C(=N\O)[C@H]3C[C@H]2C(C)(C)[C@H]3C)C1(C)C. The summed E-state index contributed by atoms with van der Waals surface area (Å²) in [5.41, 5.74) is 5.06. The van der Waals surface area contributed by atoms with Gasteiger partial charge in [-0.2, -0.15) is 0 Å². The summed E-state index contributed by atoms with van der Waals surface area (Å²) in [4.78, 5) is 0. The fourth-order valence-electron chi connectivity index (χ4n) is 6.55. The van der Waals surface area contributed by atoms with E-state index >= 15 is 0 Å². The molecule has 0 unspecified atom stereocenters. The first-order valence-corrected chi connectivity index (χ1v) is 9.16. The molecule has 4 aliphatic carbocycles. The summed E-state index contributed by atoms with van der Waals surface area (Å²) < 4.78 is 0. The molecule has 122 valence electrons. The van der Waals surface area contributed by atoms with Gasteiger partial charge in [-0.25, -0.2) is 0 Å². The molecule has 4 rings (SSSR count). The van der Waals surface area contributed by atoms with Crippen LogP contribution >= 0.6 is 0 Å². The summed E-state index contributed by atoms with van der Waals surface area (Å²) >= 11 is 0. The average Bonchev–Trinajstić information content (AvgIpc) is 3.14. The van der Waals surface area contributed by atoms with Crippen molar-refractivity contribution in [3.05, 3.63) is 11.1 Å². The first kappa shape index (κ1) is 14.8. The van der Waals surface area contributed by atoms with Crippen molar-refractivity contribution in [1.82, 2.24) is 0 Å². The number of oxime groups is 1. The van der Waals surface area contributed by atoms with E-state index in [0.29, 0.717) is 28.6 Å². The molecular weight excluding hydrogens is 270 g/mol. The Morgan fingerprint density at radius 3 is 2.14 bits per heavy atom. The fraction of sp³-hybridized carbons (Fsp3) is 0.850. The van der Waals surface area contributed by atoms with Crippen LogP contribution in [0.4, 0.5) is 0 Å². The molecule has 1 N–H and O–H groups in total. The van der Waals surface area contributed by atoms with E-state index in [1.54, 1.807) is 5.57 Å². The van der Waals surface area contributed by atoms with E-state index < -0.39 is 0 Å². The van der Waals surface area contributed by atoms with Gasteiger partial charge in [-0.1, -0.05) is 52.3 Å². The number of hydrogen-bond donors (Lipinski definition) is 1. The van der Waals surface area contributed by atoms with E-state index in [2.05, 4.69) is 46.7 Å². The van der Waals surface area contributed by atoms with Crippen LogP contribution in [0.1, 0.15) is 60.8 Å². The van der Waals surface area contributed by atoms with Crippen LogP contribution in [-0.2, 0) is 0 Å². The molecule has 4 saturated carbocycles. The van der Waals surface area contributed by atoms with Crippen molar-refractivity contribution in [3.63, 3.8) is 0 Å². The van der Waals surface area contributed by atoms with Crippen molar-refractivity contribution in [2.75, 3.05) is 0 Å². The van der Waals surface area contributed by atoms with Gasteiger partial charge in [0, 0.05) is 5.92 Å². The number of allylic oxidation sites excluding steroid dienone is 2. The largest absolute Gasteiger partial charge is 0.411 e. The molecule has 0 saturated heterocycles. The molecule has 0 aromatic carbocycles. The molecule has 2 nitrogen and oxygen atoms in total. The zero-order valence-electron chi connectivity index (χ0n) is 15.0.